The number of rotatable bonds is 5. The molecule has 0 fully saturated rings. The summed E-state index contributed by atoms with van der Waals surface area (Å²) in [6.45, 7) is 1.74. The fourth-order valence-electron chi connectivity index (χ4n) is 4.16. The normalized spacial score (nSPS) is 15.4. The number of ether oxygens (including phenoxy) is 2. The average Bonchev–Trinajstić information content (AvgIpc) is 3.47. The Morgan fingerprint density at radius 3 is 2.56 bits per heavy atom. The second-order valence-electron chi connectivity index (χ2n) is 8.03. The van der Waals surface area contributed by atoms with E-state index in [1.165, 1.54) is 23.0 Å². The largest absolute Gasteiger partial charge is 0.497 e. The molecule has 0 saturated heterocycles. The molecule has 1 atom stereocenters. The Hall–Kier alpha value is -3.88. The van der Waals surface area contributed by atoms with Gasteiger partial charge in [0.25, 0.3) is 5.56 Å². The van der Waals surface area contributed by atoms with Crippen molar-refractivity contribution < 1.29 is 18.7 Å². The Morgan fingerprint density at radius 1 is 1.11 bits per heavy atom. The molecule has 9 heteroatoms. The summed E-state index contributed by atoms with van der Waals surface area (Å²) in [4.78, 5) is 31.4. The molecule has 2 aromatic carbocycles. The number of halogens is 1. The predicted octanol–water partition coefficient (Wildman–Crippen LogP) is 4.33. The van der Waals surface area contributed by atoms with Crippen molar-refractivity contribution in [1.29, 1.82) is 0 Å². The van der Waals surface area contributed by atoms with Crippen molar-refractivity contribution in [3.63, 3.8) is 0 Å². The van der Waals surface area contributed by atoms with E-state index in [0.717, 1.165) is 11.1 Å². The molecule has 7 nitrogen and oxygen atoms in total. The topological polar surface area (TPSA) is 83.0 Å². The van der Waals surface area contributed by atoms with Gasteiger partial charge < -0.3 is 13.9 Å². The zero-order valence-electron chi connectivity index (χ0n) is 19.7. The van der Waals surface area contributed by atoms with Crippen LogP contribution in [0.2, 0.25) is 5.02 Å². The van der Waals surface area contributed by atoms with E-state index in [9.17, 15) is 9.59 Å². The molecular formula is C27H21ClN2O5S. The van der Waals surface area contributed by atoms with E-state index in [0.29, 0.717) is 42.9 Å². The lowest BCUT2D eigenvalue weighted by atomic mass is 9.96. The highest BCUT2D eigenvalue weighted by Gasteiger charge is 2.33. The standard InChI is InChI=1S/C27H21ClN2O5S/c1-15-23(26(32)34-3)24(16-8-10-17(33-2)11-9-16)30-25(31)22(36-27(30)29-15)14-18-12-13-21(35-18)19-6-4-5-7-20(19)28/h4-14,24H,1-3H3/b22-14+/t24-/m0/s1. The number of benzene rings is 2. The first-order chi connectivity index (χ1) is 17.4. The highest BCUT2D eigenvalue weighted by Crippen LogP contribution is 2.32. The van der Waals surface area contributed by atoms with Crippen LogP contribution in [-0.4, -0.2) is 24.8 Å². The van der Waals surface area contributed by atoms with Crippen LogP contribution in [0.5, 0.6) is 5.75 Å². The van der Waals surface area contributed by atoms with E-state index in [1.54, 1.807) is 44.4 Å². The first-order valence-corrected chi connectivity index (χ1v) is 12.2. The van der Waals surface area contributed by atoms with E-state index in [1.807, 2.05) is 36.4 Å². The second kappa shape index (κ2) is 9.64. The summed E-state index contributed by atoms with van der Waals surface area (Å²) in [5.41, 5.74) is 2.01. The Kier molecular flexibility index (Phi) is 6.38. The van der Waals surface area contributed by atoms with Crippen LogP contribution in [-0.2, 0) is 9.53 Å². The van der Waals surface area contributed by atoms with Crippen molar-refractivity contribution in [3.05, 3.63) is 108 Å². The third kappa shape index (κ3) is 4.19. The number of aromatic nitrogens is 1. The number of hydrogen-bond acceptors (Lipinski definition) is 7. The third-order valence-electron chi connectivity index (χ3n) is 5.90. The predicted molar refractivity (Wildman–Crippen MR) is 138 cm³/mol. The Bertz CT molecular complexity index is 1680. The second-order valence-corrected chi connectivity index (χ2v) is 9.44. The van der Waals surface area contributed by atoms with Gasteiger partial charge in [-0.3, -0.25) is 9.36 Å². The Labute approximate surface area is 215 Å². The molecule has 0 amide bonds. The summed E-state index contributed by atoms with van der Waals surface area (Å²) < 4.78 is 18.2. The fraction of sp³-hybridized carbons (Fsp3) is 0.148. The number of carbonyl (C=O) groups excluding carboxylic acids is 1. The molecule has 36 heavy (non-hydrogen) atoms. The zero-order chi connectivity index (χ0) is 25.4. The maximum atomic E-state index is 13.6. The van der Waals surface area contributed by atoms with E-state index < -0.39 is 12.0 Å². The molecule has 0 aliphatic carbocycles. The number of nitrogens with zero attached hydrogens (tertiary/aromatic N) is 2. The molecule has 182 valence electrons. The van der Waals surface area contributed by atoms with Crippen LogP contribution in [0, 0.1) is 0 Å². The smallest absolute Gasteiger partial charge is 0.338 e. The van der Waals surface area contributed by atoms with Crippen molar-refractivity contribution in [2.75, 3.05) is 14.2 Å². The lowest BCUT2D eigenvalue weighted by molar-refractivity contribution is -0.136. The van der Waals surface area contributed by atoms with Gasteiger partial charge in [0.05, 0.1) is 41.1 Å². The highest BCUT2D eigenvalue weighted by atomic mass is 35.5. The lowest BCUT2D eigenvalue weighted by Crippen LogP contribution is -2.39. The number of hydrogen-bond donors (Lipinski definition) is 0. The van der Waals surface area contributed by atoms with Gasteiger partial charge in [-0.15, -0.1) is 0 Å². The molecule has 0 spiro atoms. The number of thiazole rings is 1. The summed E-state index contributed by atoms with van der Waals surface area (Å²) in [6, 6.07) is 17.5. The van der Waals surface area contributed by atoms with Gasteiger partial charge in [0.15, 0.2) is 4.80 Å². The molecule has 0 unspecified atom stereocenters. The van der Waals surface area contributed by atoms with Gasteiger partial charge in [0.1, 0.15) is 17.3 Å². The van der Waals surface area contributed by atoms with E-state index in [2.05, 4.69) is 4.99 Å². The number of allylic oxidation sites excluding steroid dienone is 1. The van der Waals surface area contributed by atoms with Crippen molar-refractivity contribution >= 4 is 35.0 Å². The summed E-state index contributed by atoms with van der Waals surface area (Å²) in [7, 11) is 2.89. The minimum Gasteiger partial charge on any atom is -0.497 e. The molecule has 0 saturated carbocycles. The van der Waals surface area contributed by atoms with E-state index in [-0.39, 0.29) is 5.56 Å². The number of fused-ring (bicyclic) bond motifs is 1. The lowest BCUT2D eigenvalue weighted by Gasteiger charge is -2.24. The van der Waals surface area contributed by atoms with Gasteiger partial charge in [-0.2, -0.15) is 0 Å². The molecule has 2 aromatic heterocycles. The molecular weight excluding hydrogens is 500 g/mol. The van der Waals surface area contributed by atoms with Crippen LogP contribution in [0.3, 0.4) is 0 Å². The molecule has 1 aliphatic rings. The van der Waals surface area contributed by atoms with Crippen LogP contribution < -0.4 is 19.6 Å². The molecule has 1 aliphatic heterocycles. The Morgan fingerprint density at radius 2 is 1.86 bits per heavy atom. The maximum absolute atomic E-state index is 13.6. The zero-order valence-corrected chi connectivity index (χ0v) is 21.2. The van der Waals surface area contributed by atoms with Gasteiger partial charge in [-0.25, -0.2) is 9.79 Å². The van der Waals surface area contributed by atoms with Crippen LogP contribution in [0.15, 0.2) is 86.1 Å². The third-order valence-corrected chi connectivity index (χ3v) is 7.21. The van der Waals surface area contributed by atoms with Crippen LogP contribution in [0.25, 0.3) is 17.4 Å². The minimum absolute atomic E-state index is 0.288. The summed E-state index contributed by atoms with van der Waals surface area (Å²) in [6.07, 6.45) is 1.67. The van der Waals surface area contributed by atoms with Gasteiger partial charge in [0.2, 0.25) is 0 Å². The first-order valence-electron chi connectivity index (χ1n) is 11.0. The monoisotopic (exact) mass is 520 g/mol. The van der Waals surface area contributed by atoms with Crippen molar-refractivity contribution in [1.82, 2.24) is 4.57 Å². The van der Waals surface area contributed by atoms with Gasteiger partial charge in [-0.05, 0) is 48.9 Å². The molecule has 0 radical (unpaired) electrons. The SMILES string of the molecule is COC(=O)C1=C(C)N=c2s/c(=C/c3ccc(-c4ccccc4Cl)o3)c(=O)n2[C@H]1c1ccc(OC)cc1. The van der Waals surface area contributed by atoms with E-state index >= 15 is 0 Å². The maximum Gasteiger partial charge on any atom is 0.338 e. The Balaban J connectivity index is 1.65. The number of carbonyl (C=O) groups is 1. The van der Waals surface area contributed by atoms with Gasteiger partial charge in [0, 0.05) is 11.6 Å². The summed E-state index contributed by atoms with van der Waals surface area (Å²) in [5.74, 6) is 1.22. The van der Waals surface area contributed by atoms with E-state index in [4.69, 9.17) is 25.5 Å². The fourth-order valence-corrected chi connectivity index (χ4v) is 5.42. The number of methoxy groups -OCH3 is 2. The van der Waals surface area contributed by atoms with Crippen molar-refractivity contribution in [3.8, 4) is 17.1 Å². The van der Waals surface area contributed by atoms with Gasteiger partial charge >= 0.3 is 5.97 Å². The van der Waals surface area contributed by atoms with Gasteiger partial charge in [-0.1, -0.05) is 47.2 Å². The summed E-state index contributed by atoms with van der Waals surface area (Å²) >= 11 is 7.52. The quantitative estimate of drug-likeness (QED) is 0.366. The van der Waals surface area contributed by atoms with Crippen molar-refractivity contribution in [2.24, 2.45) is 4.99 Å². The molecule has 0 N–H and O–H groups in total. The highest BCUT2D eigenvalue weighted by molar-refractivity contribution is 7.07. The van der Waals surface area contributed by atoms with Crippen LogP contribution in [0.4, 0.5) is 0 Å². The van der Waals surface area contributed by atoms with Crippen LogP contribution >= 0.6 is 22.9 Å². The first kappa shape index (κ1) is 23.8. The molecule has 0 bridgehead atoms. The molecule has 3 heterocycles. The molecule has 4 aromatic rings. The number of esters is 1. The van der Waals surface area contributed by atoms with Crippen LogP contribution in [0.1, 0.15) is 24.3 Å². The summed E-state index contributed by atoms with van der Waals surface area (Å²) in [5, 5.41) is 0.572. The average molecular weight is 521 g/mol. The minimum atomic E-state index is -0.697. The number of furan rings is 1. The van der Waals surface area contributed by atoms with Crippen molar-refractivity contribution in [2.45, 2.75) is 13.0 Å². The molecule has 5 rings (SSSR count).